The maximum Gasteiger partial charge on any atom is 0.337 e. The van der Waals surface area contributed by atoms with Crippen molar-refractivity contribution < 1.29 is 29.4 Å². The maximum atomic E-state index is 11.5. The number of ketones is 2. The number of carboxylic acid groups (broad SMARTS) is 2. The lowest BCUT2D eigenvalue weighted by atomic mass is 9.92. The summed E-state index contributed by atoms with van der Waals surface area (Å²) in [6.07, 6.45) is 0. The average molecular weight is 250 g/mol. The molecule has 94 valence electrons. The van der Waals surface area contributed by atoms with Gasteiger partial charge in [-0.05, 0) is 26.0 Å². The van der Waals surface area contributed by atoms with E-state index in [-0.39, 0.29) is 11.1 Å². The fraction of sp³-hybridized carbons (Fsp3) is 0.167. The van der Waals surface area contributed by atoms with Crippen molar-refractivity contribution in [3.8, 4) is 0 Å². The molecule has 0 fully saturated rings. The van der Waals surface area contributed by atoms with Gasteiger partial charge < -0.3 is 10.2 Å². The van der Waals surface area contributed by atoms with Gasteiger partial charge in [-0.3, -0.25) is 9.59 Å². The topological polar surface area (TPSA) is 109 Å². The Morgan fingerprint density at radius 3 is 1.61 bits per heavy atom. The zero-order chi connectivity index (χ0) is 14.0. The smallest absolute Gasteiger partial charge is 0.337 e. The minimum absolute atomic E-state index is 0.0927. The summed E-state index contributed by atoms with van der Waals surface area (Å²) in [5.41, 5.74) is -1.62. The van der Waals surface area contributed by atoms with Gasteiger partial charge in [-0.1, -0.05) is 0 Å². The van der Waals surface area contributed by atoms with Crippen LogP contribution in [-0.4, -0.2) is 33.7 Å². The predicted octanol–water partition coefficient (Wildman–Crippen LogP) is 1.49. The fourth-order valence-electron chi connectivity index (χ4n) is 1.66. The molecule has 1 aromatic carbocycles. The number of carbonyl (C=O) groups excluding carboxylic acids is 2. The molecule has 0 radical (unpaired) electrons. The summed E-state index contributed by atoms with van der Waals surface area (Å²) in [5, 5.41) is 17.9. The van der Waals surface area contributed by atoms with Gasteiger partial charge in [0.1, 0.15) is 0 Å². The number of Topliss-reactive ketones (excluding diaryl/α,β-unsaturated/α-hetero) is 2. The van der Waals surface area contributed by atoms with Crippen LogP contribution in [0.1, 0.15) is 55.3 Å². The van der Waals surface area contributed by atoms with Crippen LogP contribution in [0.15, 0.2) is 12.1 Å². The zero-order valence-corrected chi connectivity index (χ0v) is 9.68. The first-order chi connectivity index (χ1) is 8.27. The van der Waals surface area contributed by atoms with Crippen LogP contribution in [0.4, 0.5) is 0 Å². The second kappa shape index (κ2) is 4.79. The van der Waals surface area contributed by atoms with Crippen molar-refractivity contribution >= 4 is 23.5 Å². The molecule has 0 unspecified atom stereocenters. The third kappa shape index (κ3) is 2.27. The molecule has 0 aromatic heterocycles. The van der Waals surface area contributed by atoms with Crippen molar-refractivity contribution in [3.05, 3.63) is 34.4 Å². The Hall–Kier alpha value is -2.50. The monoisotopic (exact) mass is 250 g/mol. The Morgan fingerprint density at radius 2 is 1.28 bits per heavy atom. The van der Waals surface area contributed by atoms with Gasteiger partial charge in [0.2, 0.25) is 0 Å². The van der Waals surface area contributed by atoms with E-state index in [1.807, 2.05) is 0 Å². The Bertz CT molecular complexity index is 519. The summed E-state index contributed by atoms with van der Waals surface area (Å²) in [5.74, 6) is -4.19. The molecule has 0 aliphatic heterocycles. The number of hydrogen-bond donors (Lipinski definition) is 2. The van der Waals surface area contributed by atoms with E-state index in [1.165, 1.54) is 6.92 Å². The first kappa shape index (κ1) is 13.6. The van der Waals surface area contributed by atoms with Crippen LogP contribution >= 0.6 is 0 Å². The second-order valence-electron chi connectivity index (χ2n) is 3.63. The van der Waals surface area contributed by atoms with Crippen LogP contribution in [0.5, 0.6) is 0 Å². The van der Waals surface area contributed by atoms with Gasteiger partial charge >= 0.3 is 11.9 Å². The molecule has 0 heterocycles. The number of benzene rings is 1. The summed E-state index contributed by atoms with van der Waals surface area (Å²) < 4.78 is 0. The van der Waals surface area contributed by atoms with Gasteiger partial charge in [0, 0.05) is 11.1 Å². The van der Waals surface area contributed by atoms with E-state index in [9.17, 15) is 19.2 Å². The molecule has 6 heteroatoms. The summed E-state index contributed by atoms with van der Waals surface area (Å²) in [6.45, 7) is 2.26. The van der Waals surface area contributed by atoms with E-state index in [0.29, 0.717) is 0 Å². The normalized spacial score (nSPS) is 9.89. The molecule has 2 N–H and O–H groups in total. The highest BCUT2D eigenvalue weighted by atomic mass is 16.4. The lowest BCUT2D eigenvalue weighted by Gasteiger charge is -2.10. The van der Waals surface area contributed by atoms with E-state index in [1.54, 1.807) is 0 Å². The molecule has 6 nitrogen and oxygen atoms in total. The number of rotatable bonds is 4. The van der Waals surface area contributed by atoms with E-state index in [4.69, 9.17) is 10.2 Å². The number of carbonyl (C=O) groups is 4. The van der Waals surface area contributed by atoms with Gasteiger partial charge in [-0.2, -0.15) is 0 Å². The largest absolute Gasteiger partial charge is 0.478 e. The Balaban J connectivity index is 3.82. The minimum Gasteiger partial charge on any atom is -0.478 e. The molecular weight excluding hydrogens is 240 g/mol. The maximum absolute atomic E-state index is 11.5. The minimum atomic E-state index is -1.55. The predicted molar refractivity (Wildman–Crippen MR) is 60.4 cm³/mol. The van der Waals surface area contributed by atoms with Crippen molar-refractivity contribution in [2.24, 2.45) is 0 Å². The van der Waals surface area contributed by atoms with Gasteiger partial charge in [0.15, 0.2) is 11.6 Å². The average Bonchev–Trinajstić information content (AvgIpc) is 2.26. The molecule has 1 aromatic rings. The highest BCUT2D eigenvalue weighted by Crippen LogP contribution is 2.21. The first-order valence-corrected chi connectivity index (χ1v) is 4.92. The lowest BCUT2D eigenvalue weighted by molar-refractivity contribution is 0.0649. The number of hydrogen-bond acceptors (Lipinski definition) is 4. The van der Waals surface area contributed by atoms with E-state index in [2.05, 4.69) is 0 Å². The van der Waals surface area contributed by atoms with Crippen molar-refractivity contribution in [2.45, 2.75) is 13.8 Å². The Kier molecular flexibility index (Phi) is 3.61. The van der Waals surface area contributed by atoms with Crippen LogP contribution < -0.4 is 0 Å². The SMILES string of the molecule is CC(=O)c1ccc(C(=O)O)c(C(=O)O)c1C(C)=O. The van der Waals surface area contributed by atoms with E-state index in [0.717, 1.165) is 19.1 Å². The van der Waals surface area contributed by atoms with Gasteiger partial charge in [0.05, 0.1) is 11.1 Å². The van der Waals surface area contributed by atoms with Crippen LogP contribution in [0.2, 0.25) is 0 Å². The van der Waals surface area contributed by atoms with Crippen LogP contribution in [0.25, 0.3) is 0 Å². The summed E-state index contributed by atoms with van der Waals surface area (Å²) in [6, 6.07) is 2.16. The Labute approximate surface area is 102 Å². The third-order valence-electron chi connectivity index (χ3n) is 2.38. The van der Waals surface area contributed by atoms with Crippen molar-refractivity contribution in [3.63, 3.8) is 0 Å². The van der Waals surface area contributed by atoms with E-state index < -0.39 is 34.6 Å². The molecule has 0 amide bonds. The van der Waals surface area contributed by atoms with Crippen LogP contribution in [-0.2, 0) is 0 Å². The molecule has 0 atom stereocenters. The molecule has 1 rings (SSSR count). The lowest BCUT2D eigenvalue weighted by Crippen LogP contribution is -2.17. The highest BCUT2D eigenvalue weighted by molar-refractivity contribution is 6.16. The van der Waals surface area contributed by atoms with Gasteiger partial charge in [0.25, 0.3) is 0 Å². The Morgan fingerprint density at radius 1 is 0.778 bits per heavy atom. The summed E-state index contributed by atoms with van der Waals surface area (Å²) in [4.78, 5) is 44.8. The van der Waals surface area contributed by atoms with Crippen molar-refractivity contribution in [1.82, 2.24) is 0 Å². The first-order valence-electron chi connectivity index (χ1n) is 4.92. The zero-order valence-electron chi connectivity index (χ0n) is 9.68. The van der Waals surface area contributed by atoms with Crippen LogP contribution in [0, 0.1) is 0 Å². The van der Waals surface area contributed by atoms with Crippen molar-refractivity contribution in [2.75, 3.05) is 0 Å². The number of carboxylic acids is 2. The fourth-order valence-corrected chi connectivity index (χ4v) is 1.66. The second-order valence-corrected chi connectivity index (χ2v) is 3.63. The molecular formula is C12H10O6. The third-order valence-corrected chi connectivity index (χ3v) is 2.38. The molecule has 0 saturated heterocycles. The molecule has 18 heavy (non-hydrogen) atoms. The molecule has 0 spiro atoms. The standard InChI is InChI=1S/C12H10O6/c1-5(13)7-3-4-8(11(15)16)10(12(17)18)9(7)6(2)14/h3-4H,1-2H3,(H,15,16)(H,17,18). The highest BCUT2D eigenvalue weighted by Gasteiger charge is 2.26. The molecule has 0 aliphatic carbocycles. The van der Waals surface area contributed by atoms with Gasteiger partial charge in [-0.25, -0.2) is 9.59 Å². The summed E-state index contributed by atoms with van der Waals surface area (Å²) in [7, 11) is 0. The van der Waals surface area contributed by atoms with Crippen molar-refractivity contribution in [1.29, 1.82) is 0 Å². The van der Waals surface area contributed by atoms with E-state index >= 15 is 0 Å². The quantitative estimate of drug-likeness (QED) is 0.783. The molecule has 0 aliphatic rings. The molecule has 0 bridgehead atoms. The molecule has 0 saturated carbocycles. The van der Waals surface area contributed by atoms with Crippen LogP contribution in [0.3, 0.4) is 0 Å². The summed E-state index contributed by atoms with van der Waals surface area (Å²) >= 11 is 0. The number of aromatic carboxylic acids is 2. The van der Waals surface area contributed by atoms with Gasteiger partial charge in [-0.15, -0.1) is 0 Å².